The van der Waals surface area contributed by atoms with Gasteiger partial charge in [0.2, 0.25) is 10.0 Å². The molecule has 0 saturated heterocycles. The van der Waals surface area contributed by atoms with Crippen molar-refractivity contribution in [2.45, 2.75) is 11.8 Å². The van der Waals surface area contributed by atoms with Crippen LogP contribution in [0.3, 0.4) is 0 Å². The zero-order valence-electron chi connectivity index (χ0n) is 8.84. The molecule has 1 aromatic carbocycles. The molecule has 16 heavy (non-hydrogen) atoms. The molecule has 1 aliphatic rings. The highest BCUT2D eigenvalue weighted by Crippen LogP contribution is 2.32. The largest absolute Gasteiger partial charge is 0.489 e. The number of ether oxygens (including phenoxy) is 2. The lowest BCUT2D eigenvalue weighted by molar-refractivity contribution is 0.228. The summed E-state index contributed by atoms with van der Waals surface area (Å²) in [5.74, 6) is 1.25. The van der Waals surface area contributed by atoms with Gasteiger partial charge in [-0.15, -0.1) is 0 Å². The second-order valence-corrected chi connectivity index (χ2v) is 5.44. The van der Waals surface area contributed by atoms with Crippen LogP contribution >= 0.6 is 0 Å². The summed E-state index contributed by atoms with van der Waals surface area (Å²) in [5.41, 5.74) is 0. The van der Waals surface area contributed by atoms with Crippen molar-refractivity contribution < 1.29 is 17.9 Å². The molecule has 1 unspecified atom stereocenters. The van der Waals surface area contributed by atoms with Gasteiger partial charge in [-0.2, -0.15) is 0 Å². The summed E-state index contributed by atoms with van der Waals surface area (Å²) in [6, 6.07) is 4.36. The summed E-state index contributed by atoms with van der Waals surface area (Å²) in [7, 11) is -3.70. The second-order valence-electron chi connectivity index (χ2n) is 3.88. The van der Waals surface area contributed by atoms with Crippen LogP contribution in [-0.4, -0.2) is 21.6 Å². The van der Waals surface area contributed by atoms with Gasteiger partial charge in [0.05, 0.1) is 18.1 Å². The Kier molecular flexibility index (Phi) is 2.77. The van der Waals surface area contributed by atoms with Crippen molar-refractivity contribution in [2.24, 2.45) is 11.1 Å². The van der Waals surface area contributed by atoms with E-state index in [4.69, 9.17) is 14.6 Å². The standard InChI is InChI=1S/C10H13NO4S/c1-7-5-14-9-3-2-8(16(11,12)13)4-10(9)15-6-7/h2-4,7H,5-6H2,1H3,(H2,11,12,13). The number of rotatable bonds is 1. The molecule has 0 fully saturated rings. The zero-order valence-corrected chi connectivity index (χ0v) is 9.66. The molecule has 0 amide bonds. The highest BCUT2D eigenvalue weighted by atomic mass is 32.2. The minimum Gasteiger partial charge on any atom is -0.489 e. The lowest BCUT2D eigenvalue weighted by atomic mass is 10.2. The van der Waals surface area contributed by atoms with Crippen molar-refractivity contribution in [2.75, 3.05) is 13.2 Å². The van der Waals surface area contributed by atoms with Crippen LogP contribution in [0.2, 0.25) is 0 Å². The van der Waals surface area contributed by atoms with E-state index in [1.807, 2.05) is 6.92 Å². The second kappa shape index (κ2) is 3.95. The van der Waals surface area contributed by atoms with Gasteiger partial charge < -0.3 is 9.47 Å². The van der Waals surface area contributed by atoms with Gasteiger partial charge in [-0.05, 0) is 12.1 Å². The van der Waals surface area contributed by atoms with Crippen LogP contribution in [0, 0.1) is 5.92 Å². The molecule has 1 aliphatic heterocycles. The van der Waals surface area contributed by atoms with Gasteiger partial charge in [0, 0.05) is 12.0 Å². The fourth-order valence-corrected chi connectivity index (χ4v) is 1.94. The van der Waals surface area contributed by atoms with E-state index in [-0.39, 0.29) is 10.8 Å². The molecule has 2 rings (SSSR count). The average molecular weight is 243 g/mol. The Labute approximate surface area is 94.2 Å². The highest BCUT2D eigenvalue weighted by molar-refractivity contribution is 7.89. The van der Waals surface area contributed by atoms with Crippen molar-refractivity contribution in [3.8, 4) is 11.5 Å². The lowest BCUT2D eigenvalue weighted by Gasteiger charge is -2.07. The summed E-state index contributed by atoms with van der Waals surface area (Å²) in [5, 5.41) is 5.03. The van der Waals surface area contributed by atoms with Crippen LogP contribution in [0.15, 0.2) is 23.1 Å². The monoisotopic (exact) mass is 243 g/mol. The van der Waals surface area contributed by atoms with Gasteiger partial charge >= 0.3 is 0 Å². The van der Waals surface area contributed by atoms with E-state index >= 15 is 0 Å². The maximum Gasteiger partial charge on any atom is 0.238 e. The van der Waals surface area contributed by atoms with E-state index < -0.39 is 10.0 Å². The first-order valence-corrected chi connectivity index (χ1v) is 6.44. The molecule has 6 heteroatoms. The van der Waals surface area contributed by atoms with E-state index in [1.165, 1.54) is 12.1 Å². The molecule has 5 nitrogen and oxygen atoms in total. The van der Waals surface area contributed by atoms with Gasteiger partial charge in [0.25, 0.3) is 0 Å². The third kappa shape index (κ3) is 2.28. The summed E-state index contributed by atoms with van der Waals surface area (Å²) in [6.45, 7) is 3.05. The molecule has 2 N–H and O–H groups in total. The summed E-state index contributed by atoms with van der Waals surface area (Å²) >= 11 is 0. The van der Waals surface area contributed by atoms with Crippen molar-refractivity contribution in [1.82, 2.24) is 0 Å². The maximum atomic E-state index is 11.2. The first-order chi connectivity index (χ1) is 7.47. The zero-order chi connectivity index (χ0) is 11.8. The molecule has 0 aliphatic carbocycles. The summed E-state index contributed by atoms with van der Waals surface area (Å²) in [6.07, 6.45) is 0. The SMILES string of the molecule is CC1COc2ccc(S(N)(=O)=O)cc2OC1. The first-order valence-electron chi connectivity index (χ1n) is 4.89. The van der Waals surface area contributed by atoms with Crippen molar-refractivity contribution in [3.05, 3.63) is 18.2 Å². The Morgan fingerprint density at radius 2 is 1.88 bits per heavy atom. The number of sulfonamides is 1. The Morgan fingerprint density at radius 1 is 1.25 bits per heavy atom. The third-order valence-corrected chi connectivity index (χ3v) is 3.20. The maximum absolute atomic E-state index is 11.2. The van der Waals surface area contributed by atoms with Crippen molar-refractivity contribution >= 4 is 10.0 Å². The van der Waals surface area contributed by atoms with Crippen molar-refractivity contribution in [3.63, 3.8) is 0 Å². The first kappa shape index (κ1) is 11.2. The normalized spacial score (nSPS) is 20.2. The van der Waals surface area contributed by atoms with Gasteiger partial charge in [0.15, 0.2) is 11.5 Å². The van der Waals surface area contributed by atoms with Crippen LogP contribution in [0.25, 0.3) is 0 Å². The number of nitrogens with two attached hydrogens (primary N) is 1. The lowest BCUT2D eigenvalue weighted by Crippen LogP contribution is -2.12. The van der Waals surface area contributed by atoms with E-state index in [0.717, 1.165) is 0 Å². The van der Waals surface area contributed by atoms with Gasteiger partial charge in [-0.3, -0.25) is 0 Å². The van der Waals surface area contributed by atoms with E-state index in [0.29, 0.717) is 24.7 Å². The molecule has 0 aromatic heterocycles. The number of hydrogen-bond donors (Lipinski definition) is 1. The molecular formula is C10H13NO4S. The molecule has 0 radical (unpaired) electrons. The van der Waals surface area contributed by atoms with Gasteiger partial charge in [0.1, 0.15) is 0 Å². The fraction of sp³-hybridized carbons (Fsp3) is 0.400. The minimum absolute atomic E-state index is 0.0319. The van der Waals surface area contributed by atoms with E-state index in [2.05, 4.69) is 0 Å². The number of hydrogen-bond acceptors (Lipinski definition) is 4. The third-order valence-electron chi connectivity index (χ3n) is 2.29. The van der Waals surface area contributed by atoms with Crippen molar-refractivity contribution in [1.29, 1.82) is 0 Å². The predicted octanol–water partition coefficient (Wildman–Crippen LogP) is 0.741. The Morgan fingerprint density at radius 3 is 2.50 bits per heavy atom. The van der Waals surface area contributed by atoms with Crippen LogP contribution in [0.4, 0.5) is 0 Å². The van der Waals surface area contributed by atoms with Gasteiger partial charge in [-0.1, -0.05) is 6.92 Å². The Hall–Kier alpha value is -1.27. The molecule has 88 valence electrons. The van der Waals surface area contributed by atoms with E-state index in [9.17, 15) is 8.42 Å². The molecular weight excluding hydrogens is 230 g/mol. The summed E-state index contributed by atoms with van der Waals surface area (Å²) in [4.78, 5) is 0.0319. The molecule has 1 heterocycles. The number of benzene rings is 1. The summed E-state index contributed by atoms with van der Waals surface area (Å²) < 4.78 is 33.2. The molecule has 1 atom stereocenters. The van der Waals surface area contributed by atoms with Crippen LogP contribution in [0.5, 0.6) is 11.5 Å². The quantitative estimate of drug-likeness (QED) is 0.789. The average Bonchev–Trinajstić information content (AvgIpc) is 2.39. The minimum atomic E-state index is -3.70. The van der Waals surface area contributed by atoms with Crippen LogP contribution in [-0.2, 0) is 10.0 Å². The Bertz CT molecular complexity index is 498. The predicted molar refractivity (Wildman–Crippen MR) is 58.0 cm³/mol. The molecule has 0 saturated carbocycles. The topological polar surface area (TPSA) is 78.6 Å². The number of primary sulfonamides is 1. The molecule has 0 bridgehead atoms. The van der Waals surface area contributed by atoms with Crippen LogP contribution in [0.1, 0.15) is 6.92 Å². The fourth-order valence-electron chi connectivity index (χ4n) is 1.41. The highest BCUT2D eigenvalue weighted by Gasteiger charge is 2.17. The molecule has 0 spiro atoms. The number of fused-ring (bicyclic) bond motifs is 1. The molecule has 1 aromatic rings. The Balaban J connectivity index is 2.40. The van der Waals surface area contributed by atoms with Crippen LogP contribution < -0.4 is 14.6 Å². The smallest absolute Gasteiger partial charge is 0.238 e. The van der Waals surface area contributed by atoms with E-state index in [1.54, 1.807) is 6.07 Å². The van der Waals surface area contributed by atoms with Gasteiger partial charge in [-0.25, -0.2) is 13.6 Å².